The van der Waals surface area contributed by atoms with E-state index < -0.39 is 0 Å². The molecule has 102 valence electrons. The Balaban J connectivity index is 1.80. The van der Waals surface area contributed by atoms with Crippen molar-refractivity contribution in [2.45, 2.75) is 77.3 Å². The van der Waals surface area contributed by atoms with Gasteiger partial charge in [0.15, 0.2) is 0 Å². The van der Waals surface area contributed by atoms with Gasteiger partial charge in [-0.25, -0.2) is 0 Å². The summed E-state index contributed by atoms with van der Waals surface area (Å²) in [6, 6.07) is 3.65. The molecule has 0 aromatic rings. The Morgan fingerprint density at radius 2 is 1.94 bits per heavy atom. The number of nitrogens with one attached hydrogen (secondary N) is 1. The molecule has 0 radical (unpaired) electrons. The van der Waals surface area contributed by atoms with Crippen LogP contribution < -0.4 is 5.32 Å². The molecule has 0 heterocycles. The Morgan fingerprint density at radius 3 is 2.67 bits per heavy atom. The van der Waals surface area contributed by atoms with Crippen molar-refractivity contribution in [3.8, 4) is 6.07 Å². The molecular formula is C16H28N2. The first kappa shape index (κ1) is 13.9. The highest BCUT2D eigenvalue weighted by Crippen LogP contribution is 2.32. The second kappa shape index (κ2) is 6.57. The molecule has 0 aromatic carbocycles. The van der Waals surface area contributed by atoms with Crippen molar-refractivity contribution >= 4 is 0 Å². The zero-order valence-corrected chi connectivity index (χ0v) is 12.0. The number of hydrogen-bond acceptors (Lipinski definition) is 2. The van der Waals surface area contributed by atoms with Gasteiger partial charge >= 0.3 is 0 Å². The van der Waals surface area contributed by atoms with Gasteiger partial charge in [-0.3, -0.25) is 0 Å². The van der Waals surface area contributed by atoms with E-state index in [1.54, 1.807) is 0 Å². The van der Waals surface area contributed by atoms with E-state index in [1.165, 1.54) is 44.9 Å². The summed E-state index contributed by atoms with van der Waals surface area (Å²) in [6.07, 6.45) is 10.4. The lowest BCUT2D eigenvalue weighted by Crippen LogP contribution is -2.42. The summed E-state index contributed by atoms with van der Waals surface area (Å²) in [4.78, 5) is 0. The predicted molar refractivity (Wildman–Crippen MR) is 75.1 cm³/mol. The van der Waals surface area contributed by atoms with E-state index in [1.807, 2.05) is 0 Å². The highest BCUT2D eigenvalue weighted by molar-refractivity contribution is 4.98. The maximum Gasteiger partial charge on any atom is 0.0672 e. The molecule has 1 N–H and O–H groups in total. The van der Waals surface area contributed by atoms with Crippen LogP contribution in [0.4, 0.5) is 0 Å². The molecule has 0 bridgehead atoms. The van der Waals surface area contributed by atoms with Crippen LogP contribution in [-0.4, -0.2) is 12.1 Å². The van der Waals surface area contributed by atoms with E-state index in [0.717, 1.165) is 18.3 Å². The van der Waals surface area contributed by atoms with Gasteiger partial charge < -0.3 is 5.32 Å². The van der Waals surface area contributed by atoms with Crippen LogP contribution in [-0.2, 0) is 0 Å². The molecule has 2 aliphatic rings. The van der Waals surface area contributed by atoms with Gasteiger partial charge in [-0.15, -0.1) is 0 Å². The van der Waals surface area contributed by atoms with Crippen LogP contribution in [0.15, 0.2) is 0 Å². The molecule has 2 saturated carbocycles. The molecule has 2 nitrogen and oxygen atoms in total. The van der Waals surface area contributed by atoms with Crippen LogP contribution in [0, 0.1) is 29.1 Å². The van der Waals surface area contributed by atoms with E-state index >= 15 is 0 Å². The summed E-state index contributed by atoms with van der Waals surface area (Å²) in [5, 5.41) is 12.9. The van der Waals surface area contributed by atoms with Gasteiger partial charge in [-0.1, -0.05) is 33.1 Å². The molecule has 0 spiro atoms. The van der Waals surface area contributed by atoms with Crippen LogP contribution in [0.2, 0.25) is 0 Å². The molecule has 0 aliphatic heterocycles. The minimum Gasteiger partial charge on any atom is -0.310 e. The lowest BCUT2D eigenvalue weighted by Gasteiger charge is -2.33. The van der Waals surface area contributed by atoms with Gasteiger partial charge in [-0.05, 0) is 43.9 Å². The summed E-state index contributed by atoms with van der Waals surface area (Å²) in [6.45, 7) is 4.67. The number of nitrogens with zero attached hydrogens (tertiary/aromatic N) is 1. The van der Waals surface area contributed by atoms with Crippen LogP contribution in [0.5, 0.6) is 0 Å². The van der Waals surface area contributed by atoms with Crippen molar-refractivity contribution in [3.05, 3.63) is 0 Å². The van der Waals surface area contributed by atoms with Crippen LogP contribution in [0.3, 0.4) is 0 Å². The van der Waals surface area contributed by atoms with Crippen molar-refractivity contribution in [1.82, 2.24) is 5.32 Å². The molecule has 2 heteroatoms. The number of hydrogen-bond donors (Lipinski definition) is 1. The first-order valence-electron chi connectivity index (χ1n) is 7.84. The van der Waals surface area contributed by atoms with Crippen molar-refractivity contribution in [3.63, 3.8) is 0 Å². The highest BCUT2D eigenvalue weighted by atomic mass is 15.0. The Bertz CT molecular complexity index is 292. The highest BCUT2D eigenvalue weighted by Gasteiger charge is 2.31. The molecule has 18 heavy (non-hydrogen) atoms. The van der Waals surface area contributed by atoms with Gasteiger partial charge in [0.1, 0.15) is 0 Å². The van der Waals surface area contributed by atoms with Gasteiger partial charge in [-0.2, -0.15) is 5.26 Å². The molecule has 2 rings (SSSR count). The quantitative estimate of drug-likeness (QED) is 0.819. The van der Waals surface area contributed by atoms with Crippen LogP contribution >= 0.6 is 0 Å². The zero-order valence-electron chi connectivity index (χ0n) is 12.0. The van der Waals surface area contributed by atoms with E-state index in [4.69, 9.17) is 5.26 Å². The minimum atomic E-state index is 0.274. The van der Waals surface area contributed by atoms with E-state index in [9.17, 15) is 0 Å². The normalized spacial score (nSPS) is 36.8. The third-order valence-electron chi connectivity index (χ3n) is 4.72. The SMILES string of the molecule is CC(C)CC1CCCC(NC2CCCC2C#N)C1. The lowest BCUT2D eigenvalue weighted by molar-refractivity contribution is 0.234. The van der Waals surface area contributed by atoms with Crippen molar-refractivity contribution < 1.29 is 0 Å². The van der Waals surface area contributed by atoms with Crippen molar-refractivity contribution in [2.75, 3.05) is 0 Å². The fourth-order valence-corrected chi connectivity index (χ4v) is 3.94. The number of nitriles is 1. The number of rotatable bonds is 4. The van der Waals surface area contributed by atoms with Gasteiger partial charge in [0.05, 0.1) is 12.0 Å². The smallest absolute Gasteiger partial charge is 0.0672 e. The molecule has 4 unspecified atom stereocenters. The summed E-state index contributed by atoms with van der Waals surface area (Å²) < 4.78 is 0. The molecule has 4 atom stereocenters. The third kappa shape index (κ3) is 3.72. The average molecular weight is 248 g/mol. The van der Waals surface area contributed by atoms with E-state index in [-0.39, 0.29) is 5.92 Å². The van der Waals surface area contributed by atoms with Crippen LogP contribution in [0.25, 0.3) is 0 Å². The molecular weight excluding hydrogens is 220 g/mol. The molecule has 0 amide bonds. The second-order valence-corrected chi connectivity index (χ2v) is 6.80. The first-order valence-corrected chi connectivity index (χ1v) is 7.84. The fourth-order valence-electron chi connectivity index (χ4n) is 3.94. The Kier molecular flexibility index (Phi) is 5.06. The predicted octanol–water partition coefficient (Wildman–Crippen LogP) is 3.87. The second-order valence-electron chi connectivity index (χ2n) is 6.80. The summed E-state index contributed by atoms with van der Waals surface area (Å²) >= 11 is 0. The largest absolute Gasteiger partial charge is 0.310 e. The summed E-state index contributed by atoms with van der Waals surface area (Å²) in [7, 11) is 0. The van der Waals surface area contributed by atoms with E-state index in [2.05, 4.69) is 25.2 Å². The minimum absolute atomic E-state index is 0.274. The topological polar surface area (TPSA) is 35.8 Å². The third-order valence-corrected chi connectivity index (χ3v) is 4.72. The zero-order chi connectivity index (χ0) is 13.0. The van der Waals surface area contributed by atoms with E-state index in [0.29, 0.717) is 12.1 Å². The first-order chi connectivity index (χ1) is 8.69. The Labute approximate surface area is 112 Å². The fraction of sp³-hybridized carbons (Fsp3) is 0.938. The maximum atomic E-state index is 9.15. The van der Waals surface area contributed by atoms with Gasteiger partial charge in [0.25, 0.3) is 0 Å². The molecule has 0 saturated heterocycles. The Morgan fingerprint density at radius 1 is 1.17 bits per heavy atom. The van der Waals surface area contributed by atoms with Gasteiger partial charge in [0, 0.05) is 12.1 Å². The molecule has 2 fully saturated rings. The average Bonchev–Trinajstić information content (AvgIpc) is 2.76. The van der Waals surface area contributed by atoms with Crippen LogP contribution in [0.1, 0.15) is 65.2 Å². The monoisotopic (exact) mass is 248 g/mol. The summed E-state index contributed by atoms with van der Waals surface area (Å²) in [5.41, 5.74) is 0. The standard InChI is InChI=1S/C16H28N2/c1-12(2)9-13-5-3-7-15(10-13)18-16-8-4-6-14(16)11-17/h12-16,18H,3-10H2,1-2H3. The maximum absolute atomic E-state index is 9.15. The molecule has 2 aliphatic carbocycles. The molecule has 0 aromatic heterocycles. The lowest BCUT2D eigenvalue weighted by atomic mass is 9.80. The Hall–Kier alpha value is -0.550. The van der Waals surface area contributed by atoms with Gasteiger partial charge in [0.2, 0.25) is 0 Å². The van der Waals surface area contributed by atoms with Crippen molar-refractivity contribution in [2.24, 2.45) is 17.8 Å². The summed E-state index contributed by atoms with van der Waals surface area (Å²) in [5.74, 6) is 2.01. The van der Waals surface area contributed by atoms with Crippen molar-refractivity contribution in [1.29, 1.82) is 5.26 Å².